The van der Waals surface area contributed by atoms with Crippen LogP contribution >= 0.6 is 0 Å². The summed E-state index contributed by atoms with van der Waals surface area (Å²) in [5.74, 6) is 2.04. The average molecular weight is 272 g/mol. The molecule has 106 valence electrons. The Morgan fingerprint density at radius 2 is 2.30 bits per heavy atom. The van der Waals surface area contributed by atoms with Crippen LogP contribution in [-0.2, 0) is 6.42 Å². The van der Waals surface area contributed by atoms with Gasteiger partial charge in [0.25, 0.3) is 0 Å². The molecule has 0 saturated heterocycles. The fourth-order valence-electron chi connectivity index (χ4n) is 2.45. The van der Waals surface area contributed by atoms with Crippen molar-refractivity contribution in [3.63, 3.8) is 0 Å². The molecule has 0 aliphatic heterocycles. The molecule has 1 atom stereocenters. The topological polar surface area (TPSA) is 63.8 Å². The lowest BCUT2D eigenvalue weighted by Gasteiger charge is -2.14. The fraction of sp³-hybridized carbons (Fsp3) is 0.533. The predicted octanol–water partition coefficient (Wildman–Crippen LogP) is 2.37. The second kappa shape index (κ2) is 5.71. The molecule has 5 nitrogen and oxygen atoms in total. The Kier molecular flexibility index (Phi) is 3.78. The van der Waals surface area contributed by atoms with Gasteiger partial charge in [-0.15, -0.1) is 0 Å². The Balaban J connectivity index is 1.73. The fourth-order valence-corrected chi connectivity index (χ4v) is 2.45. The third kappa shape index (κ3) is 3.04. The number of hydrogen-bond acceptors (Lipinski definition) is 5. The zero-order valence-electron chi connectivity index (χ0n) is 12.0. The molecule has 1 fully saturated rings. The minimum atomic E-state index is 0.457. The minimum Gasteiger partial charge on any atom is -0.339 e. The molecule has 1 unspecified atom stereocenters. The molecule has 5 heteroatoms. The molecule has 2 aromatic rings. The van der Waals surface area contributed by atoms with Crippen LogP contribution in [0.5, 0.6) is 0 Å². The van der Waals surface area contributed by atoms with E-state index in [4.69, 9.17) is 4.52 Å². The van der Waals surface area contributed by atoms with E-state index in [-0.39, 0.29) is 0 Å². The van der Waals surface area contributed by atoms with Gasteiger partial charge in [0.05, 0.1) is 0 Å². The maximum absolute atomic E-state index is 5.37. The van der Waals surface area contributed by atoms with Crippen LogP contribution in [-0.4, -0.2) is 27.7 Å². The van der Waals surface area contributed by atoms with Crippen molar-refractivity contribution in [1.29, 1.82) is 0 Å². The van der Waals surface area contributed by atoms with Gasteiger partial charge in [-0.25, -0.2) is 0 Å². The summed E-state index contributed by atoms with van der Waals surface area (Å²) in [7, 11) is 0. The number of rotatable bonds is 6. The molecule has 0 spiro atoms. The number of pyridine rings is 1. The van der Waals surface area contributed by atoms with Gasteiger partial charge in [0.2, 0.25) is 11.7 Å². The molecule has 1 N–H and O–H groups in total. The van der Waals surface area contributed by atoms with E-state index in [9.17, 15) is 0 Å². The molecule has 0 aromatic carbocycles. The summed E-state index contributed by atoms with van der Waals surface area (Å²) in [6.07, 6.45) is 5.18. The summed E-state index contributed by atoms with van der Waals surface area (Å²) in [4.78, 5) is 8.76. The first kappa shape index (κ1) is 13.2. The van der Waals surface area contributed by atoms with Crippen LogP contribution in [0.3, 0.4) is 0 Å². The van der Waals surface area contributed by atoms with Crippen LogP contribution in [0.25, 0.3) is 11.5 Å². The highest BCUT2D eigenvalue weighted by Gasteiger charge is 2.32. The van der Waals surface area contributed by atoms with Crippen LogP contribution < -0.4 is 5.32 Å². The number of hydrogen-bond donors (Lipinski definition) is 1. The second-order valence-electron chi connectivity index (χ2n) is 5.44. The first-order chi connectivity index (χ1) is 9.76. The van der Waals surface area contributed by atoms with Crippen molar-refractivity contribution in [3.8, 4) is 11.5 Å². The van der Waals surface area contributed by atoms with Gasteiger partial charge >= 0.3 is 0 Å². The van der Waals surface area contributed by atoms with Gasteiger partial charge in [-0.1, -0.05) is 12.1 Å². The van der Waals surface area contributed by atoms with E-state index < -0.39 is 0 Å². The third-order valence-electron chi connectivity index (χ3n) is 3.66. The second-order valence-corrected chi connectivity index (χ2v) is 5.44. The van der Waals surface area contributed by atoms with E-state index in [1.54, 1.807) is 6.20 Å². The van der Waals surface area contributed by atoms with Crippen molar-refractivity contribution in [2.45, 2.75) is 39.2 Å². The maximum atomic E-state index is 5.37. The van der Waals surface area contributed by atoms with Crippen molar-refractivity contribution < 1.29 is 4.52 Å². The molecule has 1 aliphatic rings. The summed E-state index contributed by atoms with van der Waals surface area (Å²) < 4.78 is 5.37. The van der Waals surface area contributed by atoms with E-state index >= 15 is 0 Å². The number of aryl methyl sites for hydroxylation is 1. The zero-order chi connectivity index (χ0) is 13.9. The van der Waals surface area contributed by atoms with Gasteiger partial charge < -0.3 is 9.84 Å². The molecule has 0 amide bonds. The normalized spacial score (nSPS) is 16.3. The van der Waals surface area contributed by atoms with E-state index in [2.05, 4.69) is 27.4 Å². The van der Waals surface area contributed by atoms with E-state index in [1.165, 1.54) is 12.8 Å². The van der Waals surface area contributed by atoms with Crippen molar-refractivity contribution in [2.75, 3.05) is 6.54 Å². The predicted molar refractivity (Wildman–Crippen MR) is 76.2 cm³/mol. The maximum Gasteiger partial charge on any atom is 0.228 e. The molecule has 2 heterocycles. The first-order valence-electron chi connectivity index (χ1n) is 7.25. The summed E-state index contributed by atoms with van der Waals surface area (Å²) in [6.45, 7) is 5.13. The lowest BCUT2D eigenvalue weighted by atomic mass is 10.1. The SMILES string of the molecule is CCNC(Cc1nc(-c2cc(C)ccn2)no1)C1CC1. The van der Waals surface area contributed by atoms with Crippen molar-refractivity contribution in [1.82, 2.24) is 20.4 Å². The highest BCUT2D eigenvalue weighted by Crippen LogP contribution is 2.34. The van der Waals surface area contributed by atoms with Gasteiger partial charge in [-0.05, 0) is 49.9 Å². The number of aromatic nitrogens is 3. The zero-order valence-corrected chi connectivity index (χ0v) is 12.0. The average Bonchev–Trinajstić information content (AvgIpc) is 3.18. The Bertz CT molecular complexity index is 577. The standard InChI is InChI=1S/C15H20N4O/c1-3-16-12(11-4-5-11)9-14-18-15(19-20-14)13-8-10(2)6-7-17-13/h6-8,11-12,16H,3-5,9H2,1-2H3. The lowest BCUT2D eigenvalue weighted by molar-refractivity contribution is 0.348. The Labute approximate surface area is 118 Å². The molecular formula is C15H20N4O. The summed E-state index contributed by atoms with van der Waals surface area (Å²) in [5.41, 5.74) is 1.91. The molecule has 0 bridgehead atoms. The first-order valence-corrected chi connectivity index (χ1v) is 7.25. The summed E-state index contributed by atoms with van der Waals surface area (Å²) >= 11 is 0. The van der Waals surface area contributed by atoms with Crippen molar-refractivity contribution in [3.05, 3.63) is 29.8 Å². The van der Waals surface area contributed by atoms with Crippen molar-refractivity contribution >= 4 is 0 Å². The number of nitrogens with zero attached hydrogens (tertiary/aromatic N) is 3. The Hall–Kier alpha value is -1.75. The molecule has 1 aliphatic carbocycles. The largest absolute Gasteiger partial charge is 0.339 e. The monoisotopic (exact) mass is 272 g/mol. The summed E-state index contributed by atoms with van der Waals surface area (Å²) in [5, 5.41) is 7.55. The minimum absolute atomic E-state index is 0.457. The molecule has 2 aromatic heterocycles. The van der Waals surface area contributed by atoms with Gasteiger partial charge in [0.1, 0.15) is 5.69 Å². The van der Waals surface area contributed by atoms with Gasteiger partial charge in [0, 0.05) is 18.7 Å². The highest BCUT2D eigenvalue weighted by atomic mass is 16.5. The van der Waals surface area contributed by atoms with Crippen LogP contribution in [0.1, 0.15) is 31.2 Å². The quantitative estimate of drug-likeness (QED) is 0.874. The Morgan fingerprint density at radius 1 is 1.45 bits per heavy atom. The van der Waals surface area contributed by atoms with Gasteiger partial charge in [-0.2, -0.15) is 4.98 Å². The lowest BCUT2D eigenvalue weighted by Crippen LogP contribution is -2.33. The molecule has 20 heavy (non-hydrogen) atoms. The number of nitrogens with one attached hydrogen (secondary N) is 1. The molecular weight excluding hydrogens is 252 g/mol. The van der Waals surface area contributed by atoms with Crippen LogP contribution in [0.4, 0.5) is 0 Å². The highest BCUT2D eigenvalue weighted by molar-refractivity contribution is 5.48. The van der Waals surface area contributed by atoms with Crippen LogP contribution in [0.15, 0.2) is 22.9 Å². The van der Waals surface area contributed by atoms with Crippen LogP contribution in [0, 0.1) is 12.8 Å². The van der Waals surface area contributed by atoms with Crippen LogP contribution in [0.2, 0.25) is 0 Å². The van der Waals surface area contributed by atoms with E-state index in [0.717, 1.165) is 30.1 Å². The van der Waals surface area contributed by atoms with E-state index in [0.29, 0.717) is 17.8 Å². The smallest absolute Gasteiger partial charge is 0.228 e. The van der Waals surface area contributed by atoms with Gasteiger partial charge in [-0.3, -0.25) is 4.98 Å². The molecule has 0 radical (unpaired) electrons. The molecule has 3 rings (SSSR count). The summed E-state index contributed by atoms with van der Waals surface area (Å²) in [6, 6.07) is 4.38. The number of likely N-dealkylation sites (N-methyl/N-ethyl adjacent to an activating group) is 1. The van der Waals surface area contributed by atoms with E-state index in [1.807, 2.05) is 19.1 Å². The Morgan fingerprint density at radius 3 is 3.00 bits per heavy atom. The van der Waals surface area contributed by atoms with Crippen molar-refractivity contribution in [2.24, 2.45) is 5.92 Å². The molecule has 1 saturated carbocycles. The van der Waals surface area contributed by atoms with Gasteiger partial charge in [0.15, 0.2) is 0 Å². The third-order valence-corrected chi connectivity index (χ3v) is 3.66.